The number of nitro benzene ring substituents is 1. The summed E-state index contributed by atoms with van der Waals surface area (Å²) < 4.78 is 0. The van der Waals surface area contributed by atoms with Crippen molar-refractivity contribution in [2.24, 2.45) is 0 Å². The summed E-state index contributed by atoms with van der Waals surface area (Å²) in [7, 11) is 2.14. The Bertz CT molecular complexity index is 456. The zero-order valence-electron chi connectivity index (χ0n) is 10.2. The normalized spacial score (nSPS) is 18.9. The van der Waals surface area contributed by atoms with E-state index in [0.29, 0.717) is 5.75 Å². The Morgan fingerprint density at radius 1 is 1.39 bits per heavy atom. The van der Waals surface area contributed by atoms with Crippen LogP contribution in [0.2, 0.25) is 0 Å². The first-order valence-corrected chi connectivity index (χ1v) is 5.83. The minimum atomic E-state index is -0.431. The lowest BCUT2D eigenvalue weighted by atomic mass is 10.2. The molecule has 2 rings (SSSR count). The number of hydrogen-bond acceptors (Lipinski definition) is 4. The van der Waals surface area contributed by atoms with E-state index in [0.717, 1.165) is 25.2 Å². The molecule has 1 aliphatic heterocycles. The summed E-state index contributed by atoms with van der Waals surface area (Å²) in [6, 6.07) is 5.99. The van der Waals surface area contributed by atoms with Crippen molar-refractivity contribution in [1.82, 2.24) is 5.48 Å². The lowest BCUT2D eigenvalue weighted by Crippen LogP contribution is -3.09. The number of likely N-dealkylation sites (N-methyl/N-ethyl adjacent to an activating group) is 1. The van der Waals surface area contributed by atoms with Gasteiger partial charge in [0.05, 0.1) is 30.8 Å². The summed E-state index contributed by atoms with van der Waals surface area (Å²) in [6.45, 7) is 2.05. The van der Waals surface area contributed by atoms with Crippen molar-refractivity contribution in [1.29, 1.82) is 0 Å². The van der Waals surface area contributed by atoms with Crippen LogP contribution in [0.25, 0.3) is 0 Å². The fraction of sp³-hybridized carbons (Fsp3) is 0.333. The van der Waals surface area contributed by atoms with Gasteiger partial charge in [-0.25, -0.2) is 5.48 Å². The van der Waals surface area contributed by atoms with Gasteiger partial charge in [0.15, 0.2) is 5.75 Å². The van der Waals surface area contributed by atoms with Gasteiger partial charge in [0.25, 0.3) is 5.69 Å². The summed E-state index contributed by atoms with van der Waals surface area (Å²) in [4.78, 5) is 16.9. The fourth-order valence-electron chi connectivity index (χ4n) is 1.70. The number of nitro groups is 1. The topological polar surface area (TPSA) is 68.8 Å². The van der Waals surface area contributed by atoms with Crippen LogP contribution in [0.4, 0.5) is 5.69 Å². The van der Waals surface area contributed by atoms with Gasteiger partial charge in [0.1, 0.15) is 0 Å². The van der Waals surface area contributed by atoms with Gasteiger partial charge in [-0.1, -0.05) is 0 Å². The van der Waals surface area contributed by atoms with Crippen molar-refractivity contribution in [2.45, 2.75) is 6.42 Å². The number of quaternary nitrogens is 1. The second-order valence-electron chi connectivity index (χ2n) is 4.35. The first kappa shape index (κ1) is 12.4. The third-order valence-corrected chi connectivity index (χ3v) is 2.87. The van der Waals surface area contributed by atoms with Gasteiger partial charge in [-0.3, -0.25) is 10.1 Å². The van der Waals surface area contributed by atoms with E-state index in [2.05, 4.69) is 18.6 Å². The smallest absolute Gasteiger partial charge is 0.269 e. The molecule has 6 heteroatoms. The first-order valence-electron chi connectivity index (χ1n) is 5.83. The molecular formula is C12H16N3O3+. The van der Waals surface area contributed by atoms with E-state index in [9.17, 15) is 10.1 Å². The lowest BCUT2D eigenvalue weighted by molar-refractivity contribution is -0.875. The zero-order valence-corrected chi connectivity index (χ0v) is 10.2. The van der Waals surface area contributed by atoms with Gasteiger partial charge in [-0.2, -0.15) is 0 Å². The summed E-state index contributed by atoms with van der Waals surface area (Å²) in [5.41, 5.74) is 4.00. The van der Waals surface area contributed by atoms with Gasteiger partial charge >= 0.3 is 0 Å². The van der Waals surface area contributed by atoms with Crippen LogP contribution < -0.4 is 15.2 Å². The average Bonchev–Trinajstić information content (AvgIpc) is 2.38. The molecular weight excluding hydrogens is 234 g/mol. The van der Waals surface area contributed by atoms with E-state index in [1.165, 1.54) is 17.0 Å². The molecule has 96 valence electrons. The Morgan fingerprint density at radius 3 is 2.67 bits per heavy atom. The predicted molar refractivity (Wildman–Crippen MR) is 66.2 cm³/mol. The minimum absolute atomic E-state index is 0.0597. The second-order valence-corrected chi connectivity index (χ2v) is 4.35. The van der Waals surface area contributed by atoms with Gasteiger partial charge in [-0.05, 0) is 18.2 Å². The molecule has 6 nitrogen and oxygen atoms in total. The molecule has 1 heterocycles. The highest BCUT2D eigenvalue weighted by atomic mass is 16.6. The Morgan fingerprint density at radius 2 is 2.11 bits per heavy atom. The Labute approximate surface area is 105 Å². The molecule has 0 amide bonds. The molecule has 1 aromatic rings. The first-order chi connectivity index (χ1) is 8.65. The number of benzene rings is 1. The minimum Gasteiger partial charge on any atom is -0.382 e. The van der Waals surface area contributed by atoms with E-state index in [4.69, 9.17) is 4.84 Å². The molecule has 1 unspecified atom stereocenters. The van der Waals surface area contributed by atoms with Crippen molar-refractivity contribution >= 4 is 5.69 Å². The van der Waals surface area contributed by atoms with Gasteiger partial charge in [0.2, 0.25) is 0 Å². The quantitative estimate of drug-likeness (QED) is 0.595. The van der Waals surface area contributed by atoms with Crippen molar-refractivity contribution < 1.29 is 14.7 Å². The summed E-state index contributed by atoms with van der Waals surface area (Å²) in [6.07, 6.45) is 3.04. The third kappa shape index (κ3) is 3.21. The van der Waals surface area contributed by atoms with Gasteiger partial charge in [0, 0.05) is 18.6 Å². The Balaban J connectivity index is 1.88. The lowest BCUT2D eigenvalue weighted by Gasteiger charge is -2.20. The summed E-state index contributed by atoms with van der Waals surface area (Å²) >= 11 is 0. The van der Waals surface area contributed by atoms with Crippen LogP contribution in [0.5, 0.6) is 5.75 Å². The highest BCUT2D eigenvalue weighted by Crippen LogP contribution is 2.16. The van der Waals surface area contributed by atoms with Crippen molar-refractivity contribution in [2.75, 3.05) is 20.1 Å². The Hall–Kier alpha value is -2.08. The molecule has 0 radical (unpaired) electrons. The molecule has 2 N–H and O–H groups in total. The molecule has 0 aromatic heterocycles. The van der Waals surface area contributed by atoms with Gasteiger partial charge in [-0.15, -0.1) is 0 Å². The van der Waals surface area contributed by atoms with Crippen LogP contribution in [0.3, 0.4) is 0 Å². The molecule has 0 fully saturated rings. The predicted octanol–water partition coefficient (Wildman–Crippen LogP) is 0.281. The molecule has 0 saturated carbocycles. The number of rotatable bonds is 4. The Kier molecular flexibility index (Phi) is 3.78. The molecule has 0 spiro atoms. The van der Waals surface area contributed by atoms with Crippen LogP contribution in [-0.4, -0.2) is 25.1 Å². The summed E-state index contributed by atoms with van der Waals surface area (Å²) in [5.74, 6) is 0.563. The maximum Gasteiger partial charge on any atom is 0.269 e. The SMILES string of the molecule is C[NH+]1CC=C(NOc2ccc([N+](=O)[O-])cc2)CC1. The molecule has 18 heavy (non-hydrogen) atoms. The van der Waals surface area contributed by atoms with Crippen molar-refractivity contribution in [3.8, 4) is 5.75 Å². The molecule has 1 atom stereocenters. The maximum atomic E-state index is 10.5. The molecule has 0 aliphatic carbocycles. The molecule has 0 bridgehead atoms. The van der Waals surface area contributed by atoms with Crippen LogP contribution in [0, 0.1) is 10.1 Å². The zero-order chi connectivity index (χ0) is 13.0. The fourth-order valence-corrected chi connectivity index (χ4v) is 1.70. The summed E-state index contributed by atoms with van der Waals surface area (Å²) in [5, 5.41) is 10.5. The van der Waals surface area contributed by atoms with E-state index >= 15 is 0 Å². The van der Waals surface area contributed by atoms with E-state index in [-0.39, 0.29) is 5.69 Å². The number of hydroxylamine groups is 1. The van der Waals surface area contributed by atoms with Crippen molar-refractivity contribution in [3.63, 3.8) is 0 Å². The average molecular weight is 250 g/mol. The van der Waals surface area contributed by atoms with E-state index in [1.807, 2.05) is 0 Å². The van der Waals surface area contributed by atoms with Crippen LogP contribution >= 0.6 is 0 Å². The number of non-ortho nitro benzene ring substituents is 1. The molecule has 0 saturated heterocycles. The third-order valence-electron chi connectivity index (χ3n) is 2.87. The van der Waals surface area contributed by atoms with Crippen LogP contribution in [0.15, 0.2) is 36.0 Å². The second kappa shape index (κ2) is 5.50. The van der Waals surface area contributed by atoms with Crippen LogP contribution in [0.1, 0.15) is 6.42 Å². The number of hydrogen-bond donors (Lipinski definition) is 2. The largest absolute Gasteiger partial charge is 0.382 e. The van der Waals surface area contributed by atoms with Gasteiger partial charge < -0.3 is 9.74 Å². The highest BCUT2D eigenvalue weighted by molar-refractivity contribution is 5.35. The highest BCUT2D eigenvalue weighted by Gasteiger charge is 2.11. The number of nitrogens with one attached hydrogen (secondary N) is 2. The van der Waals surface area contributed by atoms with Crippen LogP contribution in [-0.2, 0) is 0 Å². The number of nitrogens with zero attached hydrogens (tertiary/aromatic N) is 1. The maximum absolute atomic E-state index is 10.5. The van der Waals surface area contributed by atoms with E-state index < -0.39 is 4.92 Å². The molecule has 1 aliphatic rings. The van der Waals surface area contributed by atoms with E-state index in [1.54, 1.807) is 12.1 Å². The van der Waals surface area contributed by atoms with Crippen molar-refractivity contribution in [3.05, 3.63) is 46.2 Å². The monoisotopic (exact) mass is 250 g/mol. The standard InChI is InChI=1S/C12H15N3O3/c1-14-8-6-10(7-9-14)13-18-12-4-2-11(3-5-12)15(16)17/h2-6,13H,7-9H2,1H3/p+1. The molecule has 1 aromatic carbocycles.